The van der Waals surface area contributed by atoms with Gasteiger partial charge < -0.3 is 4.74 Å². The third-order valence-electron chi connectivity index (χ3n) is 4.92. The molecule has 20 heavy (non-hydrogen) atoms. The minimum absolute atomic E-state index is 0.0754. The number of allylic oxidation sites excluding steroid dienone is 1. The fourth-order valence-electron chi connectivity index (χ4n) is 3.67. The van der Waals surface area contributed by atoms with Crippen LogP contribution in [-0.4, -0.2) is 40.4 Å². The Labute approximate surface area is 121 Å². The van der Waals surface area contributed by atoms with Crippen LogP contribution in [0.1, 0.15) is 37.9 Å². The molecule has 0 N–H and O–H groups in total. The van der Waals surface area contributed by atoms with E-state index in [0.29, 0.717) is 6.04 Å². The van der Waals surface area contributed by atoms with Gasteiger partial charge in [-0.2, -0.15) is 5.10 Å². The quantitative estimate of drug-likeness (QED) is 0.776. The van der Waals surface area contributed by atoms with Crippen molar-refractivity contribution in [2.24, 2.45) is 7.05 Å². The minimum atomic E-state index is -0.0754. The van der Waals surface area contributed by atoms with Gasteiger partial charge >= 0.3 is 0 Å². The van der Waals surface area contributed by atoms with Crippen LogP contribution in [0.4, 0.5) is 0 Å². The molecule has 110 valence electrons. The van der Waals surface area contributed by atoms with E-state index >= 15 is 0 Å². The third-order valence-corrected chi connectivity index (χ3v) is 4.92. The van der Waals surface area contributed by atoms with Crippen LogP contribution in [0.25, 0.3) is 0 Å². The van der Waals surface area contributed by atoms with E-state index in [1.54, 1.807) is 0 Å². The second kappa shape index (κ2) is 5.34. The molecule has 0 aromatic carbocycles. The van der Waals surface area contributed by atoms with E-state index < -0.39 is 0 Å². The van der Waals surface area contributed by atoms with E-state index in [2.05, 4.69) is 36.0 Å². The molecule has 4 nitrogen and oxygen atoms in total. The summed E-state index contributed by atoms with van der Waals surface area (Å²) in [6.45, 7) is 7.39. The lowest BCUT2D eigenvalue weighted by Crippen LogP contribution is -2.48. The van der Waals surface area contributed by atoms with Crippen molar-refractivity contribution in [3.05, 3.63) is 29.6 Å². The number of fused-ring (bicyclic) bond motifs is 2. The number of likely N-dealkylation sites (tertiary alicyclic amines) is 1. The summed E-state index contributed by atoms with van der Waals surface area (Å²) in [7, 11) is 2.04. The molecule has 4 heteroatoms. The molecule has 0 saturated carbocycles. The standard InChI is InChI=1S/C16H25N3O/c1-4-5-13(2)19-9-7-16(8-10-19)14-12-17-18(3)15(14)6-11-20-16/h4-5,12-13H,6-11H2,1-3H3. The smallest absolute Gasteiger partial charge is 0.0988 e. The number of nitrogens with zero attached hydrogens (tertiary/aromatic N) is 3. The molecule has 1 spiro atoms. The molecule has 1 fully saturated rings. The molecular formula is C16H25N3O. The molecule has 3 rings (SSSR count). The van der Waals surface area contributed by atoms with E-state index in [9.17, 15) is 0 Å². The molecule has 1 saturated heterocycles. The van der Waals surface area contributed by atoms with Crippen molar-refractivity contribution in [2.75, 3.05) is 19.7 Å². The molecule has 1 aromatic heterocycles. The van der Waals surface area contributed by atoms with Gasteiger partial charge in [-0.25, -0.2) is 0 Å². The molecule has 3 heterocycles. The summed E-state index contributed by atoms with van der Waals surface area (Å²) < 4.78 is 8.26. The zero-order valence-corrected chi connectivity index (χ0v) is 12.8. The Morgan fingerprint density at radius 1 is 1.40 bits per heavy atom. The highest BCUT2D eigenvalue weighted by molar-refractivity contribution is 5.28. The zero-order valence-electron chi connectivity index (χ0n) is 12.8. The van der Waals surface area contributed by atoms with E-state index in [1.165, 1.54) is 11.3 Å². The lowest BCUT2D eigenvalue weighted by Gasteiger charge is -2.45. The first-order valence-corrected chi connectivity index (χ1v) is 7.68. The largest absolute Gasteiger partial charge is 0.370 e. The average Bonchev–Trinajstić information content (AvgIpc) is 2.83. The number of rotatable bonds is 2. The highest BCUT2D eigenvalue weighted by atomic mass is 16.5. The van der Waals surface area contributed by atoms with Gasteiger partial charge in [0.2, 0.25) is 0 Å². The van der Waals surface area contributed by atoms with Crippen molar-refractivity contribution in [3.8, 4) is 0 Å². The highest BCUT2D eigenvalue weighted by Crippen LogP contribution is 2.41. The van der Waals surface area contributed by atoms with Crippen molar-refractivity contribution in [2.45, 2.75) is 44.8 Å². The lowest BCUT2D eigenvalue weighted by molar-refractivity contribution is -0.101. The van der Waals surface area contributed by atoms with Gasteiger partial charge in [-0.15, -0.1) is 0 Å². The third kappa shape index (κ3) is 2.21. The van der Waals surface area contributed by atoms with Gasteiger partial charge in [0.25, 0.3) is 0 Å². The number of piperidine rings is 1. The molecule has 1 atom stereocenters. The number of hydrogen-bond acceptors (Lipinski definition) is 3. The second-order valence-corrected chi connectivity index (χ2v) is 6.02. The molecule has 1 unspecified atom stereocenters. The molecule has 2 aliphatic heterocycles. The Balaban J connectivity index is 1.77. The molecule has 2 aliphatic rings. The van der Waals surface area contributed by atoms with Crippen LogP contribution in [0.5, 0.6) is 0 Å². The predicted molar refractivity (Wildman–Crippen MR) is 79.6 cm³/mol. The van der Waals surface area contributed by atoms with Crippen molar-refractivity contribution >= 4 is 0 Å². The van der Waals surface area contributed by atoms with Crippen molar-refractivity contribution in [1.82, 2.24) is 14.7 Å². The van der Waals surface area contributed by atoms with Crippen molar-refractivity contribution < 1.29 is 4.74 Å². The predicted octanol–water partition coefficient (Wildman–Crippen LogP) is 2.25. The highest BCUT2D eigenvalue weighted by Gasteiger charge is 2.42. The summed E-state index contributed by atoms with van der Waals surface area (Å²) in [5.41, 5.74) is 2.63. The summed E-state index contributed by atoms with van der Waals surface area (Å²) in [6.07, 6.45) is 9.59. The second-order valence-electron chi connectivity index (χ2n) is 6.02. The molecule has 0 aliphatic carbocycles. The molecule has 0 radical (unpaired) electrons. The Kier molecular flexibility index (Phi) is 3.69. The summed E-state index contributed by atoms with van der Waals surface area (Å²) in [5.74, 6) is 0. The van der Waals surface area contributed by atoms with Crippen molar-refractivity contribution in [3.63, 3.8) is 0 Å². The maximum Gasteiger partial charge on any atom is 0.0988 e. The first-order chi connectivity index (χ1) is 9.66. The van der Waals surface area contributed by atoms with Crippen LogP contribution >= 0.6 is 0 Å². The van der Waals surface area contributed by atoms with Gasteiger partial charge in [0.1, 0.15) is 0 Å². The Morgan fingerprint density at radius 3 is 2.85 bits per heavy atom. The monoisotopic (exact) mass is 275 g/mol. The van der Waals surface area contributed by atoms with Crippen LogP contribution in [0, 0.1) is 0 Å². The molecule has 1 aromatic rings. The summed E-state index contributed by atoms with van der Waals surface area (Å²) in [5, 5.41) is 4.44. The Hall–Kier alpha value is -1.13. The van der Waals surface area contributed by atoms with E-state index in [-0.39, 0.29) is 5.60 Å². The van der Waals surface area contributed by atoms with Crippen LogP contribution in [0.3, 0.4) is 0 Å². The van der Waals surface area contributed by atoms with E-state index in [0.717, 1.165) is 39.0 Å². The minimum Gasteiger partial charge on any atom is -0.370 e. The Bertz CT molecular complexity index is 498. The van der Waals surface area contributed by atoms with Gasteiger partial charge in [-0.05, 0) is 26.7 Å². The van der Waals surface area contributed by atoms with Crippen molar-refractivity contribution in [1.29, 1.82) is 0 Å². The maximum atomic E-state index is 6.24. The van der Waals surface area contributed by atoms with Crippen LogP contribution < -0.4 is 0 Å². The summed E-state index contributed by atoms with van der Waals surface area (Å²) in [6, 6.07) is 0.523. The Morgan fingerprint density at radius 2 is 2.15 bits per heavy atom. The van der Waals surface area contributed by atoms with E-state index in [4.69, 9.17) is 4.74 Å². The van der Waals surface area contributed by atoms with Crippen LogP contribution in [0.2, 0.25) is 0 Å². The molecule has 0 amide bonds. The zero-order chi connectivity index (χ0) is 14.2. The fraction of sp³-hybridized carbons (Fsp3) is 0.688. The summed E-state index contributed by atoms with van der Waals surface area (Å²) >= 11 is 0. The van der Waals surface area contributed by atoms with E-state index in [1.807, 2.05) is 17.9 Å². The van der Waals surface area contributed by atoms with Gasteiger partial charge in [0, 0.05) is 43.9 Å². The fourth-order valence-corrected chi connectivity index (χ4v) is 3.67. The SMILES string of the molecule is CC=CC(C)N1CCC2(CC1)OCCc1c2cnn1C. The number of aromatic nitrogens is 2. The number of aryl methyl sites for hydroxylation is 1. The first-order valence-electron chi connectivity index (χ1n) is 7.68. The topological polar surface area (TPSA) is 30.3 Å². The van der Waals surface area contributed by atoms with Crippen LogP contribution in [-0.2, 0) is 23.8 Å². The number of hydrogen-bond donors (Lipinski definition) is 0. The molecular weight excluding hydrogens is 250 g/mol. The van der Waals surface area contributed by atoms with Gasteiger partial charge in [-0.1, -0.05) is 12.2 Å². The van der Waals surface area contributed by atoms with Gasteiger partial charge in [0.05, 0.1) is 18.4 Å². The van der Waals surface area contributed by atoms with Crippen LogP contribution in [0.15, 0.2) is 18.3 Å². The lowest BCUT2D eigenvalue weighted by atomic mass is 9.82. The normalized spacial score (nSPS) is 24.1. The molecule has 0 bridgehead atoms. The summed E-state index contributed by atoms with van der Waals surface area (Å²) in [4.78, 5) is 2.54. The number of ether oxygens (including phenoxy) is 1. The van der Waals surface area contributed by atoms with Gasteiger partial charge in [0.15, 0.2) is 0 Å². The first kappa shape index (κ1) is 13.8. The van der Waals surface area contributed by atoms with Gasteiger partial charge in [-0.3, -0.25) is 9.58 Å². The average molecular weight is 275 g/mol. The maximum absolute atomic E-state index is 6.24.